The van der Waals surface area contributed by atoms with E-state index in [1.165, 1.54) is 11.8 Å². The Morgan fingerprint density at radius 1 is 1.00 bits per heavy atom. The van der Waals surface area contributed by atoms with Crippen LogP contribution in [0.1, 0.15) is 25.7 Å². The van der Waals surface area contributed by atoms with Crippen LogP contribution in [0, 0.1) is 0 Å². The predicted octanol–water partition coefficient (Wildman–Crippen LogP) is -9.78. The number of pyridine rings is 1. The van der Waals surface area contributed by atoms with Crippen molar-refractivity contribution in [3.05, 3.63) is 24.4 Å². The van der Waals surface area contributed by atoms with E-state index in [1.54, 1.807) is 12.3 Å². The fraction of sp³-hybridized carbons (Fsp3) is 0.545. The number of hydrogen-bond acceptors (Lipinski definition) is 9. The predicted molar refractivity (Wildman–Crippen MR) is 73.6 cm³/mol. The molecule has 0 unspecified atom stereocenters. The SMILES string of the molecule is O=P([O-])([O-])C(O)(CCCCCSc1ccccn1)P(=O)([O-])[O-].[Na+].[Na+].[Na+]. The van der Waals surface area contributed by atoms with Crippen LogP contribution in [0.25, 0.3) is 0 Å². The summed E-state index contributed by atoms with van der Waals surface area (Å²) in [6, 6.07) is 5.42. The smallest absolute Gasteiger partial charge is 0.808 e. The summed E-state index contributed by atoms with van der Waals surface area (Å²) in [6.07, 6.45) is 1.62. The maximum Gasteiger partial charge on any atom is 1.00 e. The number of rotatable bonds is 9. The van der Waals surface area contributed by atoms with Crippen molar-refractivity contribution < 1.29 is 122 Å². The van der Waals surface area contributed by atoms with Crippen LogP contribution >= 0.6 is 27.0 Å². The summed E-state index contributed by atoms with van der Waals surface area (Å²) in [5.41, 5.74) is 0. The van der Waals surface area contributed by atoms with Gasteiger partial charge in [-0.1, -0.05) is 12.5 Å². The number of thioether (sulfide) groups is 1. The van der Waals surface area contributed by atoms with E-state index in [0.29, 0.717) is 18.6 Å². The summed E-state index contributed by atoms with van der Waals surface area (Å²) < 4.78 is 21.7. The molecule has 1 aromatic heterocycles. The van der Waals surface area contributed by atoms with Gasteiger partial charge >= 0.3 is 88.7 Å². The third-order valence-corrected chi connectivity index (χ3v) is 7.62. The van der Waals surface area contributed by atoms with Crippen LogP contribution in [-0.2, 0) is 9.13 Å². The first-order chi connectivity index (χ1) is 10.1. The Hall–Kier alpha value is 2.76. The molecule has 0 spiro atoms. The molecule has 0 aliphatic carbocycles. The molecule has 0 bridgehead atoms. The fourth-order valence-electron chi connectivity index (χ4n) is 1.67. The molecular formula is C11H15NNa3O7P2S-. The van der Waals surface area contributed by atoms with Crippen molar-refractivity contribution in [1.29, 1.82) is 0 Å². The van der Waals surface area contributed by atoms with Crippen molar-refractivity contribution in [1.82, 2.24) is 4.98 Å². The van der Waals surface area contributed by atoms with Crippen LogP contribution in [0.3, 0.4) is 0 Å². The third-order valence-electron chi connectivity index (χ3n) is 2.92. The van der Waals surface area contributed by atoms with Crippen LogP contribution in [0.15, 0.2) is 29.4 Å². The normalized spacial score (nSPS) is 11.7. The summed E-state index contributed by atoms with van der Waals surface area (Å²) in [7, 11) is -11.9. The Balaban J connectivity index is -0.00000161. The van der Waals surface area contributed by atoms with Crippen LogP contribution in [0.2, 0.25) is 0 Å². The Morgan fingerprint density at radius 2 is 1.56 bits per heavy atom. The van der Waals surface area contributed by atoms with Gasteiger partial charge in [-0.3, -0.25) is 0 Å². The first kappa shape index (κ1) is 32.4. The molecule has 0 aliphatic heterocycles. The second kappa shape index (κ2) is 14.7. The molecule has 0 saturated carbocycles. The van der Waals surface area contributed by atoms with Gasteiger partial charge in [0.25, 0.3) is 0 Å². The standard InChI is InChI=1S/C11H19NO7P2S.3Na/c13-11(20(14,15)16,21(17,18)19)7-3-1-5-9-22-10-6-2-4-8-12-10;;;/h2,4,6,8,13H,1,3,5,7,9H2,(H2,14,15,16)(H2,17,18,19);;;/q;3*+1/p-4. The van der Waals surface area contributed by atoms with Gasteiger partial charge < -0.3 is 33.8 Å². The molecule has 0 radical (unpaired) electrons. The Morgan fingerprint density at radius 3 is 2.00 bits per heavy atom. The first-order valence-electron chi connectivity index (χ1n) is 6.38. The van der Waals surface area contributed by atoms with Crippen molar-refractivity contribution in [2.75, 3.05) is 5.75 Å². The zero-order valence-electron chi connectivity index (χ0n) is 14.5. The van der Waals surface area contributed by atoms with Crippen molar-refractivity contribution in [3.63, 3.8) is 0 Å². The second-order valence-electron chi connectivity index (χ2n) is 4.60. The number of unbranched alkanes of at least 4 members (excludes halogenated alkanes) is 2. The molecule has 0 aliphatic rings. The summed E-state index contributed by atoms with van der Waals surface area (Å²) in [5, 5.41) is 6.50. The zero-order chi connectivity index (χ0) is 16.9. The summed E-state index contributed by atoms with van der Waals surface area (Å²) in [4.78, 5) is 47.5. The van der Waals surface area contributed by atoms with Crippen molar-refractivity contribution >= 4 is 27.0 Å². The molecule has 8 nitrogen and oxygen atoms in total. The van der Waals surface area contributed by atoms with E-state index >= 15 is 0 Å². The van der Waals surface area contributed by atoms with Crippen LogP contribution in [0.5, 0.6) is 0 Å². The number of aromatic nitrogens is 1. The Labute approximate surface area is 217 Å². The van der Waals surface area contributed by atoms with Crippen molar-refractivity contribution in [3.8, 4) is 0 Å². The van der Waals surface area contributed by atoms with Gasteiger partial charge in [-0.15, -0.1) is 11.8 Å². The second-order valence-corrected chi connectivity index (χ2v) is 9.53. The largest absolute Gasteiger partial charge is 1.00 e. The van der Waals surface area contributed by atoms with Crippen LogP contribution in [0.4, 0.5) is 0 Å². The molecule has 0 amide bonds. The Bertz CT molecular complexity index is 550. The number of aliphatic hydroxyl groups is 1. The van der Waals surface area contributed by atoms with Gasteiger partial charge in [0.2, 0.25) is 0 Å². The molecule has 0 aromatic carbocycles. The van der Waals surface area contributed by atoms with Gasteiger partial charge in [-0.2, -0.15) is 0 Å². The quantitative estimate of drug-likeness (QED) is 0.172. The molecule has 0 atom stereocenters. The Kier molecular flexibility index (Phi) is 19.1. The van der Waals surface area contributed by atoms with Gasteiger partial charge in [-0.05, 0) is 52.3 Å². The minimum absolute atomic E-state index is 0. The topological polar surface area (TPSA) is 160 Å². The van der Waals surface area contributed by atoms with E-state index in [2.05, 4.69) is 4.98 Å². The van der Waals surface area contributed by atoms with Gasteiger partial charge in [0.1, 0.15) is 5.08 Å². The van der Waals surface area contributed by atoms with Gasteiger partial charge in [-0.25, -0.2) is 4.98 Å². The fourth-order valence-corrected chi connectivity index (χ4v) is 4.61. The summed E-state index contributed by atoms with van der Waals surface area (Å²) in [5.74, 6) is 0.647. The molecule has 1 N–H and O–H groups in total. The van der Waals surface area contributed by atoms with E-state index < -0.39 is 26.7 Å². The van der Waals surface area contributed by atoms with E-state index in [4.69, 9.17) is 0 Å². The molecule has 1 aromatic rings. The summed E-state index contributed by atoms with van der Waals surface area (Å²) >= 11 is 1.46. The molecule has 1 heterocycles. The summed E-state index contributed by atoms with van der Waals surface area (Å²) in [6.45, 7) is 0. The minimum Gasteiger partial charge on any atom is -0.808 e. The van der Waals surface area contributed by atoms with E-state index in [1.807, 2.05) is 12.1 Å². The van der Waals surface area contributed by atoms with Crippen LogP contribution < -0.4 is 108 Å². The molecule has 25 heavy (non-hydrogen) atoms. The maximum absolute atomic E-state index is 10.8. The average Bonchev–Trinajstić information content (AvgIpc) is 2.41. The maximum atomic E-state index is 10.8. The molecule has 1 rings (SSSR count). The minimum atomic E-state index is -5.96. The molecule has 14 heteroatoms. The van der Waals surface area contributed by atoms with E-state index in [0.717, 1.165) is 5.03 Å². The van der Waals surface area contributed by atoms with Crippen molar-refractivity contribution in [2.24, 2.45) is 0 Å². The molecule has 0 saturated heterocycles. The van der Waals surface area contributed by atoms with Gasteiger partial charge in [0, 0.05) is 6.20 Å². The molecule has 126 valence electrons. The monoisotopic (exact) mass is 436 g/mol. The zero-order valence-corrected chi connectivity index (χ0v) is 23.1. The first-order valence-corrected chi connectivity index (χ1v) is 10.5. The van der Waals surface area contributed by atoms with Gasteiger partial charge in [0.05, 0.1) is 5.03 Å². The van der Waals surface area contributed by atoms with Gasteiger partial charge in [0.15, 0.2) is 0 Å². The number of nitrogens with zero attached hydrogens (tertiary/aromatic N) is 1. The average molecular weight is 436 g/mol. The molecule has 0 fully saturated rings. The molecular weight excluding hydrogens is 421 g/mol. The third kappa shape index (κ3) is 10.9. The van der Waals surface area contributed by atoms with Crippen LogP contribution in [-0.4, -0.2) is 20.9 Å². The van der Waals surface area contributed by atoms with E-state index in [9.17, 15) is 33.8 Å². The van der Waals surface area contributed by atoms with Crippen molar-refractivity contribution in [2.45, 2.75) is 35.8 Å². The number of hydrogen-bond donors (Lipinski definition) is 1. The van der Waals surface area contributed by atoms with E-state index in [-0.39, 0.29) is 95.1 Å².